The van der Waals surface area contributed by atoms with Gasteiger partial charge in [0.25, 0.3) is 0 Å². The van der Waals surface area contributed by atoms with Crippen molar-refractivity contribution in [1.29, 1.82) is 0 Å². The minimum atomic E-state index is 0.414. The molecule has 5 nitrogen and oxygen atoms in total. The molecule has 0 saturated carbocycles. The summed E-state index contributed by atoms with van der Waals surface area (Å²) in [4.78, 5) is 5.14. The first kappa shape index (κ1) is 11.4. The molecule has 0 fully saturated rings. The van der Waals surface area contributed by atoms with E-state index in [4.69, 9.17) is 16.3 Å². The largest absolute Gasteiger partial charge is 0.495 e. The van der Waals surface area contributed by atoms with Crippen LogP contribution in [-0.2, 0) is 0 Å². The number of aryl methyl sites for hydroxylation is 1. The van der Waals surface area contributed by atoms with Crippen molar-refractivity contribution in [2.75, 3.05) is 7.11 Å². The van der Waals surface area contributed by atoms with E-state index in [-0.39, 0.29) is 0 Å². The van der Waals surface area contributed by atoms with Gasteiger partial charge in [0.05, 0.1) is 7.11 Å². The molecule has 0 aliphatic carbocycles. The quantitative estimate of drug-likeness (QED) is 0.677. The van der Waals surface area contributed by atoms with Crippen LogP contribution in [0, 0.1) is 6.92 Å². The third kappa shape index (κ3) is 1.65. The monoisotopic (exact) mass is 280 g/mol. The Morgan fingerprint density at radius 3 is 3.00 bits per heavy atom. The third-order valence-electron chi connectivity index (χ3n) is 2.58. The van der Waals surface area contributed by atoms with Crippen LogP contribution in [0.1, 0.15) is 5.82 Å². The number of ether oxygens (including phenoxy) is 1. The van der Waals surface area contributed by atoms with Crippen LogP contribution in [0.5, 0.6) is 5.75 Å². The van der Waals surface area contributed by atoms with Gasteiger partial charge in [-0.3, -0.25) is 4.40 Å². The fraction of sp³-hybridized carbons (Fsp3) is 0.182. The molecule has 0 amide bonds. The number of hydrogen-bond acceptors (Lipinski definition) is 5. The molecule has 3 aromatic rings. The molecule has 0 aliphatic heterocycles. The third-order valence-corrected chi connectivity index (χ3v) is 3.67. The fourth-order valence-electron chi connectivity index (χ4n) is 1.82. The van der Waals surface area contributed by atoms with Crippen LogP contribution in [0.4, 0.5) is 0 Å². The van der Waals surface area contributed by atoms with E-state index in [9.17, 15) is 0 Å². The van der Waals surface area contributed by atoms with E-state index in [2.05, 4.69) is 15.2 Å². The van der Waals surface area contributed by atoms with E-state index in [0.717, 1.165) is 22.3 Å². The standard InChI is InChI=1S/C11H9ClN4OS/c1-6-13-8(12)5-9-14-15-11(16(6)9)10-7(17-2)3-4-18-10/h3-5H,1-2H3. The molecule has 3 heterocycles. The Hall–Kier alpha value is -1.66. The average Bonchev–Trinajstić information content (AvgIpc) is 2.92. The molecule has 0 N–H and O–H groups in total. The second-order valence-corrected chi connectivity index (χ2v) is 4.96. The summed E-state index contributed by atoms with van der Waals surface area (Å²) in [5, 5.41) is 10.7. The Balaban J connectivity index is 2.31. The summed E-state index contributed by atoms with van der Waals surface area (Å²) < 4.78 is 7.17. The van der Waals surface area contributed by atoms with Crippen LogP contribution < -0.4 is 4.74 Å². The van der Waals surface area contributed by atoms with Gasteiger partial charge in [0.2, 0.25) is 0 Å². The maximum absolute atomic E-state index is 5.90. The summed E-state index contributed by atoms with van der Waals surface area (Å²) in [5.41, 5.74) is 0.679. The van der Waals surface area contributed by atoms with Gasteiger partial charge in [-0.2, -0.15) is 0 Å². The van der Waals surface area contributed by atoms with Gasteiger partial charge in [-0.25, -0.2) is 4.98 Å². The minimum Gasteiger partial charge on any atom is -0.495 e. The lowest BCUT2D eigenvalue weighted by Gasteiger charge is -2.03. The fourth-order valence-corrected chi connectivity index (χ4v) is 2.87. The van der Waals surface area contributed by atoms with E-state index in [1.165, 1.54) is 0 Å². The van der Waals surface area contributed by atoms with E-state index >= 15 is 0 Å². The van der Waals surface area contributed by atoms with Crippen LogP contribution in [0.3, 0.4) is 0 Å². The molecule has 7 heteroatoms. The summed E-state index contributed by atoms with van der Waals surface area (Å²) in [6.07, 6.45) is 0. The summed E-state index contributed by atoms with van der Waals surface area (Å²) in [5.74, 6) is 2.25. The highest BCUT2D eigenvalue weighted by atomic mass is 35.5. The van der Waals surface area contributed by atoms with E-state index in [1.807, 2.05) is 22.8 Å². The molecule has 18 heavy (non-hydrogen) atoms. The zero-order valence-electron chi connectivity index (χ0n) is 9.72. The van der Waals surface area contributed by atoms with E-state index in [1.54, 1.807) is 24.5 Å². The zero-order valence-corrected chi connectivity index (χ0v) is 11.3. The van der Waals surface area contributed by atoms with Crippen molar-refractivity contribution < 1.29 is 4.74 Å². The topological polar surface area (TPSA) is 52.3 Å². The molecule has 3 rings (SSSR count). The van der Waals surface area contributed by atoms with Crippen molar-refractivity contribution in [3.8, 4) is 16.5 Å². The molecule has 0 unspecified atom stereocenters. The van der Waals surface area contributed by atoms with Gasteiger partial charge in [-0.05, 0) is 18.4 Å². The summed E-state index contributed by atoms with van der Waals surface area (Å²) >= 11 is 7.45. The zero-order chi connectivity index (χ0) is 12.7. The van der Waals surface area contributed by atoms with Gasteiger partial charge in [0.15, 0.2) is 11.5 Å². The highest BCUT2D eigenvalue weighted by Gasteiger charge is 2.16. The van der Waals surface area contributed by atoms with Crippen LogP contribution in [0.2, 0.25) is 5.15 Å². The summed E-state index contributed by atoms with van der Waals surface area (Å²) in [7, 11) is 1.64. The number of fused-ring (bicyclic) bond motifs is 1. The van der Waals surface area contributed by atoms with Crippen molar-refractivity contribution in [2.45, 2.75) is 6.92 Å². The SMILES string of the molecule is COc1ccsc1-c1nnc2cc(Cl)nc(C)n12. The molecule has 0 aliphatic rings. The molecule has 0 aromatic carbocycles. The van der Waals surface area contributed by atoms with Crippen molar-refractivity contribution >= 4 is 28.6 Å². The van der Waals surface area contributed by atoms with Gasteiger partial charge < -0.3 is 4.74 Å². The average molecular weight is 281 g/mol. The van der Waals surface area contributed by atoms with Gasteiger partial charge in [-0.15, -0.1) is 21.5 Å². The van der Waals surface area contributed by atoms with Gasteiger partial charge in [0, 0.05) is 6.07 Å². The maximum atomic E-state index is 5.90. The Kier molecular flexibility index (Phi) is 2.68. The van der Waals surface area contributed by atoms with Gasteiger partial charge >= 0.3 is 0 Å². The van der Waals surface area contributed by atoms with E-state index < -0.39 is 0 Å². The van der Waals surface area contributed by atoms with Crippen molar-refractivity contribution in [3.05, 3.63) is 28.5 Å². The minimum absolute atomic E-state index is 0.414. The van der Waals surface area contributed by atoms with Gasteiger partial charge in [0.1, 0.15) is 21.6 Å². The predicted molar refractivity (Wildman–Crippen MR) is 70.4 cm³/mol. The van der Waals surface area contributed by atoms with Crippen LogP contribution >= 0.6 is 22.9 Å². The number of rotatable bonds is 2. The van der Waals surface area contributed by atoms with Crippen LogP contribution in [-0.4, -0.2) is 26.7 Å². The number of hydrogen-bond donors (Lipinski definition) is 0. The number of methoxy groups -OCH3 is 1. The lowest BCUT2D eigenvalue weighted by molar-refractivity contribution is 0.418. The second kappa shape index (κ2) is 4.22. The Morgan fingerprint density at radius 1 is 1.39 bits per heavy atom. The van der Waals surface area contributed by atoms with Crippen molar-refractivity contribution in [1.82, 2.24) is 19.6 Å². The predicted octanol–water partition coefficient (Wildman–Crippen LogP) is 2.82. The molecule has 0 bridgehead atoms. The lowest BCUT2D eigenvalue weighted by atomic mass is 10.4. The first-order chi connectivity index (χ1) is 8.70. The molecule has 92 valence electrons. The molecule has 0 radical (unpaired) electrons. The number of nitrogens with zero attached hydrogens (tertiary/aromatic N) is 4. The molecule has 0 saturated heterocycles. The first-order valence-electron chi connectivity index (χ1n) is 5.21. The van der Waals surface area contributed by atoms with Gasteiger partial charge in [-0.1, -0.05) is 11.6 Å². The number of aromatic nitrogens is 4. The Morgan fingerprint density at radius 2 is 2.22 bits per heavy atom. The van der Waals surface area contributed by atoms with Crippen molar-refractivity contribution in [2.24, 2.45) is 0 Å². The first-order valence-corrected chi connectivity index (χ1v) is 6.46. The summed E-state index contributed by atoms with van der Waals surface area (Å²) in [6, 6.07) is 3.59. The van der Waals surface area contributed by atoms with Crippen molar-refractivity contribution in [3.63, 3.8) is 0 Å². The maximum Gasteiger partial charge on any atom is 0.183 e. The molecular weight excluding hydrogens is 272 g/mol. The number of halogens is 1. The van der Waals surface area contributed by atoms with E-state index in [0.29, 0.717) is 10.8 Å². The van der Waals surface area contributed by atoms with Crippen LogP contribution in [0.25, 0.3) is 16.3 Å². The second-order valence-electron chi connectivity index (χ2n) is 3.66. The highest BCUT2D eigenvalue weighted by molar-refractivity contribution is 7.13. The Labute approximate surface area is 112 Å². The van der Waals surface area contributed by atoms with Crippen LogP contribution in [0.15, 0.2) is 17.5 Å². The smallest absolute Gasteiger partial charge is 0.183 e. The summed E-state index contributed by atoms with van der Waals surface area (Å²) in [6.45, 7) is 1.87. The molecule has 0 spiro atoms. The molecule has 3 aromatic heterocycles. The molecule has 0 atom stereocenters. The lowest BCUT2D eigenvalue weighted by Crippen LogP contribution is -1.97. The number of thiophene rings is 1. The molecular formula is C11H9ClN4OS. The highest BCUT2D eigenvalue weighted by Crippen LogP contribution is 2.34. The Bertz CT molecular complexity index is 721. The normalized spacial score (nSPS) is 11.1.